The molecule has 0 aliphatic carbocycles. The lowest BCUT2D eigenvalue weighted by atomic mass is 9.94. The molecule has 1 nitrogen and oxygen atoms in total. The Balaban J connectivity index is 2.91. The first-order valence-corrected chi connectivity index (χ1v) is 6.83. The Bertz CT molecular complexity index is 391. The summed E-state index contributed by atoms with van der Waals surface area (Å²) in [5, 5.41) is 0. The van der Waals surface area contributed by atoms with Crippen LogP contribution in [-0.4, -0.2) is 5.60 Å². The third-order valence-corrected chi connectivity index (χ3v) is 2.66. The van der Waals surface area contributed by atoms with Gasteiger partial charge < -0.3 is 4.74 Å². The molecule has 0 heterocycles. The van der Waals surface area contributed by atoms with Crippen LogP contribution in [0, 0.1) is 5.92 Å². The van der Waals surface area contributed by atoms with Crippen LogP contribution in [0.3, 0.4) is 0 Å². The van der Waals surface area contributed by atoms with E-state index in [2.05, 4.69) is 71.9 Å². The molecule has 0 spiro atoms. The van der Waals surface area contributed by atoms with Crippen molar-refractivity contribution in [2.45, 2.75) is 53.6 Å². The van der Waals surface area contributed by atoms with Crippen LogP contribution < -0.4 is 4.74 Å². The molecule has 0 radical (unpaired) electrons. The fourth-order valence-electron chi connectivity index (χ4n) is 1.98. The average Bonchev–Trinajstić information content (AvgIpc) is 2.25. The highest BCUT2D eigenvalue weighted by Crippen LogP contribution is 2.26. The van der Waals surface area contributed by atoms with E-state index in [4.69, 9.17) is 4.74 Å². The highest BCUT2D eigenvalue weighted by molar-refractivity contribution is 5.67. The first-order chi connectivity index (χ1) is 8.33. The van der Waals surface area contributed by atoms with Gasteiger partial charge in [-0.15, -0.1) is 0 Å². The van der Waals surface area contributed by atoms with Gasteiger partial charge in [-0.1, -0.05) is 39.0 Å². The molecule has 0 atom stereocenters. The largest absolute Gasteiger partial charge is 0.488 e. The van der Waals surface area contributed by atoms with Gasteiger partial charge in [0.05, 0.1) is 0 Å². The van der Waals surface area contributed by atoms with E-state index in [0.717, 1.165) is 12.2 Å². The third-order valence-electron chi connectivity index (χ3n) is 2.66. The van der Waals surface area contributed by atoms with Gasteiger partial charge in [-0.25, -0.2) is 0 Å². The highest BCUT2D eigenvalue weighted by Gasteiger charge is 2.12. The van der Waals surface area contributed by atoms with E-state index >= 15 is 0 Å². The number of rotatable bonds is 4. The van der Waals surface area contributed by atoms with Crippen molar-refractivity contribution in [3.63, 3.8) is 0 Å². The van der Waals surface area contributed by atoms with Gasteiger partial charge in [0.25, 0.3) is 0 Å². The fourth-order valence-corrected chi connectivity index (χ4v) is 1.98. The van der Waals surface area contributed by atoms with Crippen molar-refractivity contribution in [2.75, 3.05) is 0 Å². The lowest BCUT2D eigenvalue weighted by molar-refractivity contribution is 0.131. The molecule has 0 N–H and O–H groups in total. The highest BCUT2D eigenvalue weighted by atomic mass is 16.5. The van der Waals surface area contributed by atoms with Gasteiger partial charge in [-0.3, -0.25) is 0 Å². The molecule has 0 saturated heterocycles. The second-order valence-corrected chi connectivity index (χ2v) is 5.96. The maximum Gasteiger partial charge on any atom is 0.120 e. The lowest BCUT2D eigenvalue weighted by Gasteiger charge is -2.21. The van der Waals surface area contributed by atoms with Crippen LogP contribution in [-0.2, 0) is 0 Å². The van der Waals surface area contributed by atoms with Crippen LogP contribution in [0.4, 0.5) is 0 Å². The molecule has 0 amide bonds. The van der Waals surface area contributed by atoms with E-state index in [1.54, 1.807) is 0 Å². The molecule has 0 aromatic heterocycles. The lowest BCUT2D eigenvalue weighted by Crippen LogP contribution is -2.22. The van der Waals surface area contributed by atoms with Gasteiger partial charge in [-0.2, -0.15) is 0 Å². The Hall–Kier alpha value is -1.24. The molecule has 1 rings (SSSR count). The summed E-state index contributed by atoms with van der Waals surface area (Å²) in [6, 6.07) is 8.43. The Morgan fingerprint density at radius 1 is 1.17 bits per heavy atom. The van der Waals surface area contributed by atoms with E-state index in [1.165, 1.54) is 11.1 Å². The van der Waals surface area contributed by atoms with Crippen LogP contribution >= 0.6 is 0 Å². The molecule has 0 bridgehead atoms. The quantitative estimate of drug-likeness (QED) is 0.699. The average molecular weight is 246 g/mol. The second-order valence-electron chi connectivity index (χ2n) is 5.96. The van der Waals surface area contributed by atoms with Gasteiger partial charge >= 0.3 is 0 Å². The Kier molecular flexibility index (Phi) is 5.01. The van der Waals surface area contributed by atoms with Crippen molar-refractivity contribution >= 4 is 5.57 Å². The summed E-state index contributed by atoms with van der Waals surface area (Å²) in [5.41, 5.74) is 2.58. The SMILES string of the molecule is CCC=C(c1ccc(OC(C)(C)C)cc1)C(C)C. The monoisotopic (exact) mass is 246 g/mol. The molecular weight excluding hydrogens is 220 g/mol. The fraction of sp³-hybridized carbons (Fsp3) is 0.529. The predicted molar refractivity (Wildman–Crippen MR) is 79.9 cm³/mol. The molecule has 100 valence electrons. The molecular formula is C17H26O. The number of allylic oxidation sites excluding steroid dienone is 2. The van der Waals surface area contributed by atoms with Gasteiger partial charge in [0.2, 0.25) is 0 Å². The first-order valence-electron chi connectivity index (χ1n) is 6.83. The normalized spacial score (nSPS) is 12.9. The van der Waals surface area contributed by atoms with Crippen LogP contribution in [0.5, 0.6) is 5.75 Å². The zero-order valence-corrected chi connectivity index (χ0v) is 12.6. The molecule has 0 unspecified atom stereocenters. The van der Waals surface area contributed by atoms with E-state index < -0.39 is 0 Å². The maximum atomic E-state index is 5.84. The van der Waals surface area contributed by atoms with Crippen LogP contribution in [0.25, 0.3) is 5.57 Å². The molecule has 1 aromatic rings. The summed E-state index contributed by atoms with van der Waals surface area (Å²) in [6.07, 6.45) is 3.39. The van der Waals surface area contributed by atoms with Crippen molar-refractivity contribution in [1.82, 2.24) is 0 Å². The summed E-state index contributed by atoms with van der Waals surface area (Å²) in [4.78, 5) is 0. The second kappa shape index (κ2) is 6.08. The maximum absolute atomic E-state index is 5.84. The van der Waals surface area contributed by atoms with Crippen LogP contribution in [0.15, 0.2) is 30.3 Å². The summed E-state index contributed by atoms with van der Waals surface area (Å²) in [6.45, 7) is 12.9. The summed E-state index contributed by atoms with van der Waals surface area (Å²) >= 11 is 0. The minimum atomic E-state index is -0.137. The van der Waals surface area contributed by atoms with E-state index in [1.807, 2.05) is 0 Å². The van der Waals surface area contributed by atoms with Crippen LogP contribution in [0.2, 0.25) is 0 Å². The minimum Gasteiger partial charge on any atom is -0.488 e. The predicted octanol–water partition coefficient (Wildman–Crippen LogP) is 5.31. The smallest absolute Gasteiger partial charge is 0.120 e. The van der Waals surface area contributed by atoms with E-state index in [0.29, 0.717) is 5.92 Å². The molecule has 0 aliphatic heterocycles. The van der Waals surface area contributed by atoms with Crippen molar-refractivity contribution in [3.05, 3.63) is 35.9 Å². The summed E-state index contributed by atoms with van der Waals surface area (Å²) in [5.74, 6) is 1.49. The molecule has 0 saturated carbocycles. The molecule has 0 fully saturated rings. The van der Waals surface area contributed by atoms with E-state index in [-0.39, 0.29) is 5.60 Å². The van der Waals surface area contributed by atoms with Crippen LogP contribution in [0.1, 0.15) is 53.5 Å². The zero-order chi connectivity index (χ0) is 13.8. The van der Waals surface area contributed by atoms with Gasteiger partial charge in [0, 0.05) is 0 Å². The zero-order valence-electron chi connectivity index (χ0n) is 12.6. The standard InChI is InChI=1S/C17H26O/c1-7-8-16(13(2)3)14-9-11-15(12-10-14)18-17(4,5)6/h8-13H,7H2,1-6H3. The van der Waals surface area contributed by atoms with Gasteiger partial charge in [0.15, 0.2) is 0 Å². The first kappa shape index (κ1) is 14.8. The summed E-state index contributed by atoms with van der Waals surface area (Å²) in [7, 11) is 0. The van der Waals surface area contributed by atoms with Crippen molar-refractivity contribution in [1.29, 1.82) is 0 Å². The molecule has 1 aromatic carbocycles. The third kappa shape index (κ3) is 4.56. The summed E-state index contributed by atoms with van der Waals surface area (Å²) < 4.78 is 5.84. The Morgan fingerprint density at radius 2 is 1.72 bits per heavy atom. The van der Waals surface area contributed by atoms with Gasteiger partial charge in [-0.05, 0) is 56.4 Å². The topological polar surface area (TPSA) is 9.23 Å². The van der Waals surface area contributed by atoms with Crippen molar-refractivity contribution in [2.24, 2.45) is 5.92 Å². The molecule has 0 aliphatic rings. The number of benzene rings is 1. The Morgan fingerprint density at radius 3 is 2.11 bits per heavy atom. The minimum absolute atomic E-state index is 0.137. The van der Waals surface area contributed by atoms with Crippen molar-refractivity contribution in [3.8, 4) is 5.75 Å². The van der Waals surface area contributed by atoms with Crippen molar-refractivity contribution < 1.29 is 4.74 Å². The van der Waals surface area contributed by atoms with Gasteiger partial charge in [0.1, 0.15) is 11.4 Å². The van der Waals surface area contributed by atoms with E-state index in [9.17, 15) is 0 Å². The molecule has 18 heavy (non-hydrogen) atoms. The number of hydrogen-bond donors (Lipinski definition) is 0. The Labute approximate surface area is 112 Å². The number of hydrogen-bond acceptors (Lipinski definition) is 1. The number of ether oxygens (including phenoxy) is 1. The molecule has 1 heteroatoms.